The molecule has 7 rings (SSSR count). The van der Waals surface area contributed by atoms with E-state index in [0.717, 1.165) is 18.2 Å². The topological polar surface area (TPSA) is 27.7 Å². The minimum Gasteiger partial charge on any atom is -0.405 e. The Morgan fingerprint density at radius 1 is 0.679 bits per heavy atom. The highest BCUT2D eigenvalue weighted by Gasteiger charge is 2.55. The molecule has 0 saturated carbocycles. The highest BCUT2D eigenvalue weighted by atomic mass is 35.5. The van der Waals surface area contributed by atoms with Crippen molar-refractivity contribution in [3.05, 3.63) is 181 Å². The summed E-state index contributed by atoms with van der Waals surface area (Å²) in [5.74, 6) is -5.02. The molecule has 3 nitrogen and oxygen atoms in total. The van der Waals surface area contributed by atoms with Gasteiger partial charge in [-0.15, -0.1) is 13.2 Å². The van der Waals surface area contributed by atoms with Crippen LogP contribution >= 0.6 is 34.8 Å². The molecule has 272 valence electrons. The van der Waals surface area contributed by atoms with Gasteiger partial charge >= 0.3 is 6.36 Å². The van der Waals surface area contributed by atoms with Crippen LogP contribution in [0, 0.1) is 17.5 Å². The summed E-state index contributed by atoms with van der Waals surface area (Å²) in [5, 5.41) is -0.163. The number of ether oxygens (including phenoxy) is 3. The highest BCUT2D eigenvalue weighted by Crippen LogP contribution is 2.65. The van der Waals surface area contributed by atoms with Crippen LogP contribution in [0.5, 0.6) is 5.75 Å². The molecule has 1 fully saturated rings. The maximum absolute atomic E-state index is 16.5. The Hall–Kier alpha value is -4.25. The number of rotatable bonds is 7. The van der Waals surface area contributed by atoms with Crippen molar-refractivity contribution in [1.82, 2.24) is 0 Å². The van der Waals surface area contributed by atoms with Gasteiger partial charge in [0.2, 0.25) is 0 Å². The van der Waals surface area contributed by atoms with Gasteiger partial charge in [0.05, 0.1) is 23.7 Å². The largest absolute Gasteiger partial charge is 0.573 e. The van der Waals surface area contributed by atoms with Gasteiger partial charge in [0.15, 0.2) is 6.29 Å². The maximum Gasteiger partial charge on any atom is 0.573 e. The normalized spacial score (nSPS) is 19.8. The van der Waals surface area contributed by atoms with Crippen LogP contribution in [0.4, 0.5) is 26.3 Å². The van der Waals surface area contributed by atoms with Gasteiger partial charge in [-0.2, -0.15) is 0 Å². The van der Waals surface area contributed by atoms with Crippen molar-refractivity contribution in [1.29, 1.82) is 0 Å². The van der Waals surface area contributed by atoms with Gasteiger partial charge in [-0.25, -0.2) is 13.2 Å². The van der Waals surface area contributed by atoms with Crippen LogP contribution in [0.3, 0.4) is 0 Å². The lowest BCUT2D eigenvalue weighted by Gasteiger charge is -2.48. The third-order valence-electron chi connectivity index (χ3n) is 9.26. The fourth-order valence-electron chi connectivity index (χ4n) is 7.27. The molecule has 2 unspecified atom stereocenters. The van der Waals surface area contributed by atoms with Crippen molar-refractivity contribution < 1.29 is 40.6 Å². The molecule has 0 bridgehead atoms. The molecule has 1 saturated heterocycles. The summed E-state index contributed by atoms with van der Waals surface area (Å²) < 4.78 is 107. The van der Waals surface area contributed by atoms with E-state index in [2.05, 4.69) is 4.74 Å². The number of allylic oxidation sites excluding steroid dienone is 4. The van der Waals surface area contributed by atoms with Gasteiger partial charge in [-0.3, -0.25) is 0 Å². The monoisotopic (exact) mass is 786 g/mol. The molecule has 2 atom stereocenters. The molecule has 1 heterocycles. The Balaban J connectivity index is 1.72. The molecule has 5 aromatic rings. The molecule has 1 aliphatic carbocycles. The minimum atomic E-state index is -5.17. The second kappa shape index (κ2) is 14.9. The minimum absolute atomic E-state index is 0.0592. The third kappa shape index (κ3) is 6.97. The zero-order chi connectivity index (χ0) is 37.5. The molecule has 12 heteroatoms. The Bertz CT molecular complexity index is 2230. The second-order valence-corrected chi connectivity index (χ2v) is 13.6. The predicted octanol–water partition coefficient (Wildman–Crippen LogP) is 12.5. The van der Waals surface area contributed by atoms with Crippen LogP contribution < -0.4 is 4.74 Å². The first-order valence-corrected chi connectivity index (χ1v) is 17.5. The van der Waals surface area contributed by atoms with Crippen molar-refractivity contribution in [3.8, 4) is 5.75 Å². The average Bonchev–Trinajstić information content (AvgIpc) is 3.12. The van der Waals surface area contributed by atoms with Crippen LogP contribution in [0.1, 0.15) is 52.0 Å². The van der Waals surface area contributed by atoms with Gasteiger partial charge in [-0.1, -0.05) is 108 Å². The van der Waals surface area contributed by atoms with Gasteiger partial charge in [-0.05, 0) is 59.5 Å². The van der Waals surface area contributed by atoms with Crippen LogP contribution in [0.2, 0.25) is 5.02 Å². The van der Waals surface area contributed by atoms with Gasteiger partial charge < -0.3 is 14.2 Å². The Labute approximate surface area is 316 Å². The van der Waals surface area contributed by atoms with E-state index >= 15 is 13.2 Å². The van der Waals surface area contributed by atoms with E-state index in [-0.39, 0.29) is 54.1 Å². The smallest absolute Gasteiger partial charge is 0.405 e. The molecule has 53 heavy (non-hydrogen) atoms. The maximum atomic E-state index is 16.5. The number of para-hydroxylation sites is 1. The predicted molar refractivity (Wildman–Crippen MR) is 192 cm³/mol. The molecule has 0 spiro atoms. The molecule has 0 amide bonds. The molecule has 2 aliphatic rings. The Kier molecular flexibility index (Phi) is 10.4. The molecular formula is C41H27Cl3F6O3. The van der Waals surface area contributed by atoms with Crippen LogP contribution in [-0.4, -0.2) is 19.6 Å². The fourth-order valence-corrected chi connectivity index (χ4v) is 8.49. The van der Waals surface area contributed by atoms with Gasteiger partial charge in [0.1, 0.15) is 23.2 Å². The zero-order valence-corrected chi connectivity index (χ0v) is 29.6. The SMILES string of the molecule is Fc1cc(F)cc(C2(c3cccc(C4OCCCO4)c3)C(c3ccccc3F)=C(Cl)C(c3ccccc3Cl)=C(Cl)C2c2ccccc2OC(F)(F)F)c1. The summed E-state index contributed by atoms with van der Waals surface area (Å²) in [7, 11) is 0. The summed E-state index contributed by atoms with van der Waals surface area (Å²) in [5.41, 5.74) is -1.53. The van der Waals surface area contributed by atoms with E-state index in [9.17, 15) is 13.2 Å². The van der Waals surface area contributed by atoms with Crippen molar-refractivity contribution in [3.63, 3.8) is 0 Å². The lowest BCUT2D eigenvalue weighted by molar-refractivity contribution is -0.275. The lowest BCUT2D eigenvalue weighted by atomic mass is 9.55. The first kappa shape index (κ1) is 37.1. The average molecular weight is 788 g/mol. The van der Waals surface area contributed by atoms with Gasteiger partial charge in [0, 0.05) is 49.9 Å². The molecule has 0 N–H and O–H groups in total. The van der Waals surface area contributed by atoms with Crippen molar-refractivity contribution >= 4 is 45.9 Å². The summed E-state index contributed by atoms with van der Waals surface area (Å²) in [4.78, 5) is 0. The number of hydrogen-bond donors (Lipinski definition) is 0. The van der Waals surface area contributed by atoms with E-state index in [4.69, 9.17) is 44.3 Å². The second-order valence-electron chi connectivity index (χ2n) is 12.4. The first-order valence-electron chi connectivity index (χ1n) is 16.3. The summed E-state index contributed by atoms with van der Waals surface area (Å²) in [6.07, 6.45) is -5.40. The molecule has 0 aromatic heterocycles. The Morgan fingerprint density at radius 3 is 2.00 bits per heavy atom. The van der Waals surface area contributed by atoms with Crippen molar-refractivity contribution in [2.75, 3.05) is 13.2 Å². The third-order valence-corrected chi connectivity index (χ3v) is 10.4. The van der Waals surface area contributed by atoms with E-state index in [1.807, 2.05) is 0 Å². The molecule has 5 aromatic carbocycles. The number of alkyl halides is 3. The fraction of sp³-hybridized carbons (Fsp3) is 0.171. The number of benzene rings is 5. The zero-order valence-electron chi connectivity index (χ0n) is 27.4. The van der Waals surface area contributed by atoms with E-state index in [1.165, 1.54) is 42.5 Å². The first-order chi connectivity index (χ1) is 25.4. The van der Waals surface area contributed by atoms with Gasteiger partial charge in [0.25, 0.3) is 0 Å². The number of halogens is 9. The van der Waals surface area contributed by atoms with E-state index in [0.29, 0.717) is 31.3 Å². The summed E-state index contributed by atoms with van der Waals surface area (Å²) in [6.45, 7) is 0.754. The van der Waals surface area contributed by atoms with Crippen LogP contribution in [-0.2, 0) is 14.9 Å². The van der Waals surface area contributed by atoms with E-state index < -0.39 is 47.2 Å². The summed E-state index contributed by atoms with van der Waals surface area (Å²) in [6, 6.07) is 26.6. The van der Waals surface area contributed by atoms with Crippen molar-refractivity contribution in [2.24, 2.45) is 0 Å². The standard InChI is InChI=1S/C41H27Cl3F6O3/c42-31-14-4-1-11-28(31)34-37(43)35(29-12-2-5-15-32(29)47)40(25-20-26(45)22-27(46)21-25,24-10-7-9-23(19-24)39-51-17-8-18-52-39)36(38(34)44)30-13-3-6-16-33(30)53-41(48,49)50/h1-7,9-16,19-22,36,39H,8,17-18H2. The van der Waals surface area contributed by atoms with E-state index in [1.54, 1.807) is 48.5 Å². The number of hydrogen-bond acceptors (Lipinski definition) is 3. The quantitative estimate of drug-likeness (QED) is 0.154. The highest BCUT2D eigenvalue weighted by molar-refractivity contribution is 6.47. The Morgan fingerprint density at radius 2 is 1.32 bits per heavy atom. The molecule has 0 radical (unpaired) electrons. The van der Waals surface area contributed by atoms with Crippen LogP contribution in [0.25, 0.3) is 11.1 Å². The van der Waals surface area contributed by atoms with Crippen molar-refractivity contribution in [2.45, 2.75) is 30.4 Å². The van der Waals surface area contributed by atoms with Crippen LogP contribution in [0.15, 0.2) is 125 Å². The summed E-state index contributed by atoms with van der Waals surface area (Å²) >= 11 is 21.7. The molecule has 1 aliphatic heterocycles. The lowest BCUT2D eigenvalue weighted by Crippen LogP contribution is -2.41. The molecular weight excluding hydrogens is 761 g/mol.